The average Bonchev–Trinajstić information content (AvgIpc) is 2.48. The van der Waals surface area contributed by atoms with Gasteiger partial charge in [-0.2, -0.15) is 5.26 Å². The molecule has 0 amide bonds. The fourth-order valence-electron chi connectivity index (χ4n) is 1.63. The molecule has 0 unspecified atom stereocenters. The van der Waals surface area contributed by atoms with E-state index in [1.807, 2.05) is 6.07 Å². The van der Waals surface area contributed by atoms with Crippen LogP contribution in [-0.2, 0) is 0 Å². The molecule has 20 heavy (non-hydrogen) atoms. The quantitative estimate of drug-likeness (QED) is 0.481. The molecule has 2 aromatic rings. The number of nitro groups is 1. The lowest BCUT2D eigenvalue weighted by Gasteiger charge is -1.99. The van der Waals surface area contributed by atoms with E-state index in [0.717, 1.165) is 0 Å². The van der Waals surface area contributed by atoms with Gasteiger partial charge < -0.3 is 0 Å². The molecular formula is C15H9FN2O2. The monoisotopic (exact) mass is 268 g/mol. The van der Waals surface area contributed by atoms with E-state index >= 15 is 0 Å². The first kappa shape index (κ1) is 13.4. The highest BCUT2D eigenvalue weighted by molar-refractivity contribution is 5.77. The Kier molecular flexibility index (Phi) is 3.87. The van der Waals surface area contributed by atoms with E-state index in [1.54, 1.807) is 0 Å². The number of halogens is 1. The van der Waals surface area contributed by atoms with Crippen LogP contribution in [0.2, 0.25) is 0 Å². The van der Waals surface area contributed by atoms with Gasteiger partial charge in [0.1, 0.15) is 5.83 Å². The first-order valence-electron chi connectivity index (χ1n) is 5.72. The van der Waals surface area contributed by atoms with Crippen LogP contribution in [0.15, 0.2) is 48.5 Å². The summed E-state index contributed by atoms with van der Waals surface area (Å²) < 4.78 is 14.0. The molecule has 2 rings (SSSR count). The van der Waals surface area contributed by atoms with Crippen LogP contribution in [0.1, 0.15) is 16.7 Å². The molecule has 0 atom stereocenters. The molecule has 0 N–H and O–H groups in total. The molecule has 0 bridgehead atoms. The second-order valence-electron chi connectivity index (χ2n) is 4.03. The third kappa shape index (κ3) is 3.06. The minimum Gasteiger partial charge on any atom is -0.258 e. The lowest BCUT2D eigenvalue weighted by Crippen LogP contribution is -1.87. The Bertz CT molecular complexity index is 698. The standard InChI is InChI=1S/C15H9FN2O2/c16-15(13-5-1-12(10-17)2-6-13)9-11-3-7-14(8-4-11)18(19)20/h1-9H/b15-9-. The van der Waals surface area contributed by atoms with Crippen molar-refractivity contribution in [2.45, 2.75) is 0 Å². The number of hydrogen-bond donors (Lipinski definition) is 0. The Morgan fingerprint density at radius 3 is 2.25 bits per heavy atom. The lowest BCUT2D eigenvalue weighted by molar-refractivity contribution is -0.384. The van der Waals surface area contributed by atoms with E-state index in [0.29, 0.717) is 16.7 Å². The van der Waals surface area contributed by atoms with Gasteiger partial charge in [0.15, 0.2) is 0 Å². The topological polar surface area (TPSA) is 66.9 Å². The molecule has 0 aliphatic rings. The Balaban J connectivity index is 2.24. The van der Waals surface area contributed by atoms with Crippen molar-refractivity contribution in [1.82, 2.24) is 0 Å². The van der Waals surface area contributed by atoms with Gasteiger partial charge in [0, 0.05) is 17.7 Å². The molecule has 0 saturated heterocycles. The average molecular weight is 268 g/mol. The van der Waals surface area contributed by atoms with Crippen LogP contribution in [0.3, 0.4) is 0 Å². The van der Waals surface area contributed by atoms with Crippen molar-refractivity contribution in [1.29, 1.82) is 5.26 Å². The van der Waals surface area contributed by atoms with Gasteiger partial charge in [-0.3, -0.25) is 10.1 Å². The van der Waals surface area contributed by atoms with E-state index in [9.17, 15) is 14.5 Å². The summed E-state index contributed by atoms with van der Waals surface area (Å²) in [5.74, 6) is -0.469. The molecular weight excluding hydrogens is 259 g/mol. The lowest BCUT2D eigenvalue weighted by atomic mass is 10.1. The van der Waals surface area contributed by atoms with Crippen LogP contribution in [0.25, 0.3) is 11.9 Å². The van der Waals surface area contributed by atoms with Crippen LogP contribution in [0, 0.1) is 21.4 Å². The normalized spacial score (nSPS) is 10.9. The van der Waals surface area contributed by atoms with Gasteiger partial charge in [-0.1, -0.05) is 12.1 Å². The molecule has 0 aromatic heterocycles. The maximum Gasteiger partial charge on any atom is 0.269 e. The number of nitrogens with zero attached hydrogens (tertiary/aromatic N) is 2. The minimum absolute atomic E-state index is 0.0408. The van der Waals surface area contributed by atoms with Crippen LogP contribution in [0.4, 0.5) is 10.1 Å². The van der Waals surface area contributed by atoms with Gasteiger partial charge in [-0.05, 0) is 35.9 Å². The summed E-state index contributed by atoms with van der Waals surface area (Å²) in [6, 6.07) is 13.6. The number of nitro benzene ring substituents is 1. The SMILES string of the molecule is N#Cc1ccc(/C(F)=C/c2ccc([N+](=O)[O-])cc2)cc1. The van der Waals surface area contributed by atoms with E-state index in [2.05, 4.69) is 0 Å². The fraction of sp³-hybridized carbons (Fsp3) is 0. The summed E-state index contributed by atoms with van der Waals surface area (Å²) in [6.45, 7) is 0. The largest absolute Gasteiger partial charge is 0.269 e. The number of rotatable bonds is 3. The summed E-state index contributed by atoms with van der Waals surface area (Å²) >= 11 is 0. The molecule has 0 radical (unpaired) electrons. The van der Waals surface area contributed by atoms with E-state index in [1.165, 1.54) is 54.6 Å². The zero-order valence-corrected chi connectivity index (χ0v) is 10.3. The van der Waals surface area contributed by atoms with Crippen molar-refractivity contribution in [3.63, 3.8) is 0 Å². The minimum atomic E-state index is -0.509. The summed E-state index contributed by atoms with van der Waals surface area (Å²) in [5.41, 5.74) is 1.29. The van der Waals surface area contributed by atoms with Crippen LogP contribution < -0.4 is 0 Å². The van der Waals surface area contributed by atoms with Crippen molar-refractivity contribution in [3.05, 3.63) is 75.3 Å². The van der Waals surface area contributed by atoms with Gasteiger partial charge in [0.2, 0.25) is 0 Å². The number of benzene rings is 2. The highest BCUT2D eigenvalue weighted by Gasteiger charge is 2.05. The van der Waals surface area contributed by atoms with Gasteiger partial charge >= 0.3 is 0 Å². The molecule has 0 heterocycles. The van der Waals surface area contributed by atoms with E-state index in [-0.39, 0.29) is 5.69 Å². The van der Waals surface area contributed by atoms with Crippen molar-refractivity contribution in [2.24, 2.45) is 0 Å². The van der Waals surface area contributed by atoms with Crippen molar-refractivity contribution < 1.29 is 9.31 Å². The van der Waals surface area contributed by atoms with Gasteiger partial charge in [-0.25, -0.2) is 4.39 Å². The third-order valence-electron chi connectivity index (χ3n) is 2.69. The van der Waals surface area contributed by atoms with Crippen LogP contribution in [0.5, 0.6) is 0 Å². The van der Waals surface area contributed by atoms with Gasteiger partial charge in [-0.15, -0.1) is 0 Å². The Morgan fingerprint density at radius 1 is 1.15 bits per heavy atom. The van der Waals surface area contributed by atoms with Crippen LogP contribution >= 0.6 is 0 Å². The second-order valence-corrected chi connectivity index (χ2v) is 4.03. The molecule has 0 aliphatic carbocycles. The Hall–Kier alpha value is -3.00. The van der Waals surface area contributed by atoms with Gasteiger partial charge in [0.05, 0.1) is 16.6 Å². The Labute approximate surface area is 114 Å². The number of nitriles is 1. The summed E-state index contributed by atoms with van der Waals surface area (Å²) in [5, 5.41) is 19.2. The predicted molar refractivity (Wildman–Crippen MR) is 73.2 cm³/mol. The highest BCUT2D eigenvalue weighted by atomic mass is 19.1. The summed E-state index contributed by atoms with van der Waals surface area (Å²) in [6.07, 6.45) is 1.28. The predicted octanol–water partition coefficient (Wildman–Crippen LogP) is 3.93. The third-order valence-corrected chi connectivity index (χ3v) is 2.69. The number of non-ortho nitro benzene ring substituents is 1. The van der Waals surface area contributed by atoms with E-state index < -0.39 is 10.8 Å². The molecule has 4 nitrogen and oxygen atoms in total. The smallest absolute Gasteiger partial charge is 0.258 e. The van der Waals surface area contributed by atoms with Crippen LogP contribution in [-0.4, -0.2) is 4.92 Å². The maximum absolute atomic E-state index is 14.0. The zero-order chi connectivity index (χ0) is 14.5. The van der Waals surface area contributed by atoms with Crippen molar-refractivity contribution in [2.75, 3.05) is 0 Å². The zero-order valence-electron chi connectivity index (χ0n) is 10.3. The molecule has 0 spiro atoms. The Morgan fingerprint density at radius 2 is 1.75 bits per heavy atom. The molecule has 2 aromatic carbocycles. The maximum atomic E-state index is 14.0. The number of hydrogen-bond acceptors (Lipinski definition) is 3. The highest BCUT2D eigenvalue weighted by Crippen LogP contribution is 2.21. The molecule has 5 heteroatoms. The van der Waals surface area contributed by atoms with Crippen molar-refractivity contribution in [3.8, 4) is 6.07 Å². The molecule has 0 fully saturated rings. The van der Waals surface area contributed by atoms with Crippen molar-refractivity contribution >= 4 is 17.6 Å². The summed E-state index contributed by atoms with van der Waals surface area (Å²) in [4.78, 5) is 10.00. The fourth-order valence-corrected chi connectivity index (χ4v) is 1.63. The molecule has 0 aliphatic heterocycles. The second kappa shape index (κ2) is 5.76. The molecule has 98 valence electrons. The first-order chi connectivity index (χ1) is 9.60. The van der Waals surface area contributed by atoms with Gasteiger partial charge in [0.25, 0.3) is 5.69 Å². The summed E-state index contributed by atoms with van der Waals surface area (Å²) in [7, 11) is 0. The first-order valence-corrected chi connectivity index (χ1v) is 5.72. The molecule has 0 saturated carbocycles. The van der Waals surface area contributed by atoms with E-state index in [4.69, 9.17) is 5.26 Å².